The van der Waals surface area contributed by atoms with Crippen molar-refractivity contribution in [2.75, 3.05) is 13.1 Å². The van der Waals surface area contributed by atoms with Crippen LogP contribution in [0.25, 0.3) is 10.9 Å². The maximum atomic E-state index is 13.2. The lowest BCUT2D eigenvalue weighted by Crippen LogP contribution is -2.56. The van der Waals surface area contributed by atoms with Gasteiger partial charge in [0.25, 0.3) is 0 Å². The Morgan fingerprint density at radius 1 is 1.11 bits per heavy atom. The van der Waals surface area contributed by atoms with Crippen molar-refractivity contribution in [3.05, 3.63) is 36.0 Å². The van der Waals surface area contributed by atoms with E-state index >= 15 is 0 Å². The predicted octanol–water partition coefficient (Wildman–Crippen LogP) is -0.421. The Morgan fingerprint density at radius 3 is 2.54 bits per heavy atom. The summed E-state index contributed by atoms with van der Waals surface area (Å²) in [6, 6.07) is 4.01. The summed E-state index contributed by atoms with van der Waals surface area (Å²) in [5, 5.41) is 24.5. The quantitative estimate of drug-likeness (QED) is 0.246. The standard InChI is InChI=1S/C23H29N5O7/c24-11-19(29)26-17(10-13-12-25-15-5-2-1-4-14(13)15)21(32)27-16(7-8-20(30)31)22(33)28-9-3-6-18(28)23(34)35/h1-2,4-5,12,16-18,25H,3,6-11,24H2,(H,26,29)(H,27,32)(H,30,31)(H,34,35). The van der Waals surface area contributed by atoms with Gasteiger partial charge in [-0.25, -0.2) is 4.79 Å². The normalized spacial score (nSPS) is 17.1. The van der Waals surface area contributed by atoms with Gasteiger partial charge in [-0.15, -0.1) is 0 Å². The molecule has 1 aromatic heterocycles. The lowest BCUT2D eigenvalue weighted by atomic mass is 10.0. The van der Waals surface area contributed by atoms with Gasteiger partial charge in [-0.05, 0) is 30.9 Å². The van der Waals surface area contributed by atoms with E-state index in [-0.39, 0.29) is 32.4 Å². The van der Waals surface area contributed by atoms with Crippen molar-refractivity contribution in [2.45, 2.75) is 50.2 Å². The molecular weight excluding hydrogens is 458 g/mol. The van der Waals surface area contributed by atoms with Crippen molar-refractivity contribution in [1.82, 2.24) is 20.5 Å². The Balaban J connectivity index is 1.82. The highest BCUT2D eigenvalue weighted by molar-refractivity contribution is 5.94. The van der Waals surface area contributed by atoms with Gasteiger partial charge < -0.3 is 36.5 Å². The van der Waals surface area contributed by atoms with Gasteiger partial charge in [0, 0.05) is 36.5 Å². The van der Waals surface area contributed by atoms with Crippen LogP contribution in [0.1, 0.15) is 31.2 Å². The maximum Gasteiger partial charge on any atom is 0.326 e. The molecule has 7 N–H and O–H groups in total. The minimum absolute atomic E-state index is 0.0862. The molecule has 0 aliphatic carbocycles. The molecule has 1 saturated heterocycles. The van der Waals surface area contributed by atoms with Crippen LogP contribution in [0.4, 0.5) is 0 Å². The third kappa shape index (κ3) is 6.35. The number of fused-ring (bicyclic) bond motifs is 1. The molecule has 1 aliphatic rings. The van der Waals surface area contributed by atoms with E-state index in [1.54, 1.807) is 6.20 Å². The summed E-state index contributed by atoms with van der Waals surface area (Å²) in [6.45, 7) is -0.162. The maximum absolute atomic E-state index is 13.2. The third-order valence-corrected chi connectivity index (χ3v) is 6.02. The molecule has 2 aromatic rings. The number of H-pyrrole nitrogens is 1. The third-order valence-electron chi connectivity index (χ3n) is 6.02. The van der Waals surface area contributed by atoms with Gasteiger partial charge in [-0.3, -0.25) is 19.2 Å². The number of carboxylic acid groups (broad SMARTS) is 2. The van der Waals surface area contributed by atoms with Crippen molar-refractivity contribution in [2.24, 2.45) is 5.73 Å². The van der Waals surface area contributed by atoms with Crippen molar-refractivity contribution < 1.29 is 34.2 Å². The van der Waals surface area contributed by atoms with Gasteiger partial charge in [0.15, 0.2) is 0 Å². The van der Waals surface area contributed by atoms with Crippen LogP contribution in [0.3, 0.4) is 0 Å². The molecule has 3 amide bonds. The summed E-state index contributed by atoms with van der Waals surface area (Å²) in [5.41, 5.74) is 7.00. The number of carbonyl (C=O) groups is 5. The molecule has 35 heavy (non-hydrogen) atoms. The number of nitrogens with two attached hydrogens (primary N) is 1. The first kappa shape index (κ1) is 25.7. The van der Waals surface area contributed by atoms with Gasteiger partial charge >= 0.3 is 11.9 Å². The van der Waals surface area contributed by atoms with Crippen LogP contribution >= 0.6 is 0 Å². The van der Waals surface area contributed by atoms with Gasteiger partial charge in [-0.2, -0.15) is 0 Å². The Labute approximate surface area is 200 Å². The monoisotopic (exact) mass is 487 g/mol. The summed E-state index contributed by atoms with van der Waals surface area (Å²) in [7, 11) is 0. The highest BCUT2D eigenvalue weighted by atomic mass is 16.4. The average Bonchev–Trinajstić information content (AvgIpc) is 3.48. The number of aromatic amines is 1. The summed E-state index contributed by atoms with van der Waals surface area (Å²) in [5.74, 6) is -4.28. The number of aliphatic carboxylic acids is 2. The number of hydrogen-bond acceptors (Lipinski definition) is 6. The summed E-state index contributed by atoms with van der Waals surface area (Å²) in [6.07, 6.45) is 1.92. The van der Waals surface area contributed by atoms with Crippen LogP contribution in [0.2, 0.25) is 0 Å². The Hall–Kier alpha value is -3.93. The lowest BCUT2D eigenvalue weighted by Gasteiger charge is -2.28. The van der Waals surface area contributed by atoms with Crippen LogP contribution in [0.15, 0.2) is 30.5 Å². The van der Waals surface area contributed by atoms with Gasteiger partial charge in [0.05, 0.1) is 6.54 Å². The zero-order valence-electron chi connectivity index (χ0n) is 19.0. The Bertz CT molecular complexity index is 1110. The molecule has 0 saturated carbocycles. The number of nitrogens with zero attached hydrogens (tertiary/aromatic N) is 1. The van der Waals surface area contributed by atoms with E-state index in [4.69, 9.17) is 10.8 Å². The Morgan fingerprint density at radius 2 is 1.86 bits per heavy atom. The second-order valence-electron chi connectivity index (χ2n) is 8.41. The molecule has 1 fully saturated rings. The molecular formula is C23H29N5O7. The van der Waals surface area contributed by atoms with Crippen LogP contribution in [0.5, 0.6) is 0 Å². The summed E-state index contributed by atoms with van der Waals surface area (Å²) >= 11 is 0. The van der Waals surface area contributed by atoms with E-state index in [1.165, 1.54) is 0 Å². The van der Waals surface area contributed by atoms with Crippen molar-refractivity contribution >= 4 is 40.6 Å². The number of nitrogens with one attached hydrogen (secondary N) is 3. The van der Waals surface area contributed by atoms with Crippen LogP contribution in [0, 0.1) is 0 Å². The number of likely N-dealkylation sites (tertiary alicyclic amines) is 1. The molecule has 0 bridgehead atoms. The number of hydrogen-bond donors (Lipinski definition) is 6. The van der Waals surface area contributed by atoms with Gasteiger partial charge in [-0.1, -0.05) is 18.2 Å². The van der Waals surface area contributed by atoms with Gasteiger partial charge in [0.2, 0.25) is 17.7 Å². The van der Waals surface area contributed by atoms with E-state index < -0.39 is 54.2 Å². The van der Waals surface area contributed by atoms with Crippen LogP contribution in [-0.4, -0.2) is 81.0 Å². The molecule has 1 aliphatic heterocycles. The second kappa shape index (κ2) is 11.5. The molecule has 0 radical (unpaired) electrons. The van der Waals surface area contributed by atoms with E-state index in [9.17, 15) is 29.1 Å². The second-order valence-corrected chi connectivity index (χ2v) is 8.41. The number of aromatic nitrogens is 1. The molecule has 3 atom stereocenters. The minimum Gasteiger partial charge on any atom is -0.481 e. The topological polar surface area (TPSA) is 195 Å². The predicted molar refractivity (Wildman–Crippen MR) is 124 cm³/mol. The van der Waals surface area contributed by atoms with Crippen molar-refractivity contribution in [3.63, 3.8) is 0 Å². The van der Waals surface area contributed by atoms with E-state index in [1.807, 2.05) is 24.3 Å². The summed E-state index contributed by atoms with van der Waals surface area (Å²) < 4.78 is 0. The SMILES string of the molecule is NCC(=O)NC(Cc1c[nH]c2ccccc12)C(=O)NC(CCC(=O)O)C(=O)N1CCCC1C(=O)O. The molecule has 12 nitrogen and oxygen atoms in total. The zero-order valence-corrected chi connectivity index (χ0v) is 19.0. The summed E-state index contributed by atoms with van der Waals surface area (Å²) in [4.78, 5) is 65.4. The van der Waals surface area contributed by atoms with Gasteiger partial charge in [0.1, 0.15) is 18.1 Å². The number of benzene rings is 1. The molecule has 0 spiro atoms. The van der Waals surface area contributed by atoms with Crippen molar-refractivity contribution in [3.8, 4) is 0 Å². The largest absolute Gasteiger partial charge is 0.481 e. The van der Waals surface area contributed by atoms with Crippen LogP contribution in [-0.2, 0) is 30.4 Å². The Kier molecular flexibility index (Phi) is 8.42. The van der Waals surface area contributed by atoms with E-state index in [0.717, 1.165) is 21.4 Å². The van der Waals surface area contributed by atoms with Crippen molar-refractivity contribution in [1.29, 1.82) is 0 Å². The molecule has 3 rings (SSSR count). The van der Waals surface area contributed by atoms with E-state index in [0.29, 0.717) is 6.42 Å². The number of para-hydroxylation sites is 1. The van der Waals surface area contributed by atoms with E-state index in [2.05, 4.69) is 15.6 Å². The first-order chi connectivity index (χ1) is 16.7. The minimum atomic E-state index is -1.27. The molecule has 188 valence electrons. The number of carbonyl (C=O) groups excluding carboxylic acids is 3. The fourth-order valence-corrected chi connectivity index (χ4v) is 4.27. The molecule has 3 unspecified atom stereocenters. The number of carboxylic acids is 2. The molecule has 1 aromatic carbocycles. The van der Waals surface area contributed by atoms with Crippen LogP contribution < -0.4 is 16.4 Å². The average molecular weight is 488 g/mol. The molecule has 12 heteroatoms. The zero-order chi connectivity index (χ0) is 25.5. The molecule has 2 heterocycles. The number of rotatable bonds is 11. The highest BCUT2D eigenvalue weighted by Crippen LogP contribution is 2.21. The number of amides is 3. The fourth-order valence-electron chi connectivity index (χ4n) is 4.27. The highest BCUT2D eigenvalue weighted by Gasteiger charge is 2.38. The first-order valence-corrected chi connectivity index (χ1v) is 11.3. The fraction of sp³-hybridized carbons (Fsp3) is 0.435. The first-order valence-electron chi connectivity index (χ1n) is 11.3. The lowest BCUT2D eigenvalue weighted by molar-refractivity contribution is -0.150. The smallest absolute Gasteiger partial charge is 0.326 e.